The van der Waals surface area contributed by atoms with Gasteiger partial charge in [-0.15, -0.1) is 0 Å². The number of hydrogen-bond acceptors (Lipinski definition) is 2. The van der Waals surface area contributed by atoms with Gasteiger partial charge in [0.25, 0.3) is 5.91 Å². The van der Waals surface area contributed by atoms with Gasteiger partial charge in [0.2, 0.25) is 0 Å². The first kappa shape index (κ1) is 14.1. The van der Waals surface area contributed by atoms with E-state index >= 15 is 0 Å². The number of carbonyl (C=O) groups excluding carboxylic acids is 1. The minimum atomic E-state index is -0.867. The van der Waals surface area contributed by atoms with E-state index in [1.165, 1.54) is 23.3 Å². The van der Waals surface area contributed by atoms with E-state index in [4.69, 9.17) is 0 Å². The molecule has 0 fully saturated rings. The van der Waals surface area contributed by atoms with E-state index in [2.05, 4.69) is 15.9 Å². The highest BCUT2D eigenvalue weighted by atomic mass is 79.9. The van der Waals surface area contributed by atoms with E-state index in [-0.39, 0.29) is 4.47 Å². The van der Waals surface area contributed by atoms with Gasteiger partial charge in [-0.2, -0.15) is 11.3 Å². The number of hydrogen-bond donors (Lipinski definition) is 0. The van der Waals surface area contributed by atoms with Crippen molar-refractivity contribution < 1.29 is 13.6 Å². The van der Waals surface area contributed by atoms with Gasteiger partial charge in [0, 0.05) is 18.1 Å². The largest absolute Gasteiger partial charge is 0.337 e. The summed E-state index contributed by atoms with van der Waals surface area (Å²) in [4.78, 5) is 13.3. The lowest BCUT2D eigenvalue weighted by Crippen LogP contribution is -2.27. The summed E-state index contributed by atoms with van der Waals surface area (Å²) >= 11 is 4.48. The Labute approximate surface area is 121 Å². The normalized spacial score (nSPS) is 10.5. The summed E-state index contributed by atoms with van der Waals surface area (Å²) in [5.41, 5.74) is 0.403. The van der Waals surface area contributed by atoms with Gasteiger partial charge in [-0.25, -0.2) is 8.78 Å². The summed E-state index contributed by atoms with van der Waals surface area (Å²) in [7, 11) is 1.51. The van der Waals surface area contributed by atoms with Gasteiger partial charge in [0.05, 0.1) is 0 Å². The Morgan fingerprint density at radius 2 is 2.00 bits per heavy atom. The fourth-order valence-corrected chi connectivity index (χ4v) is 2.73. The second-order valence-electron chi connectivity index (χ2n) is 4.04. The topological polar surface area (TPSA) is 20.3 Å². The molecule has 6 heteroatoms. The fourth-order valence-electron chi connectivity index (χ4n) is 1.67. The van der Waals surface area contributed by atoms with Crippen LogP contribution in [0.15, 0.2) is 33.4 Å². The number of benzene rings is 1. The second-order valence-corrected chi connectivity index (χ2v) is 5.73. The molecular weight excluding hydrogens is 336 g/mol. The molecule has 0 unspecified atom stereocenters. The summed E-state index contributed by atoms with van der Waals surface area (Å²) < 4.78 is 27.6. The Bertz CT molecular complexity index is 578. The van der Waals surface area contributed by atoms with Crippen molar-refractivity contribution in [3.63, 3.8) is 0 Å². The molecule has 1 aromatic heterocycles. The van der Waals surface area contributed by atoms with Crippen molar-refractivity contribution in [3.05, 3.63) is 56.2 Å². The van der Waals surface area contributed by atoms with Crippen molar-refractivity contribution in [1.82, 2.24) is 4.90 Å². The van der Waals surface area contributed by atoms with Crippen LogP contribution >= 0.6 is 27.3 Å². The maximum Gasteiger partial charge on any atom is 0.259 e. The van der Waals surface area contributed by atoms with Crippen LogP contribution in [0.4, 0.5) is 8.78 Å². The summed E-state index contributed by atoms with van der Waals surface area (Å²) in [6.07, 6.45) is 0. The minimum Gasteiger partial charge on any atom is -0.337 e. The molecule has 0 aliphatic carbocycles. The van der Waals surface area contributed by atoms with Crippen LogP contribution in [-0.4, -0.2) is 17.9 Å². The van der Waals surface area contributed by atoms with Crippen molar-refractivity contribution in [2.45, 2.75) is 6.54 Å². The Balaban J connectivity index is 2.24. The maximum atomic E-state index is 13.7. The first-order chi connectivity index (χ1) is 8.99. The third kappa shape index (κ3) is 3.19. The standard InChI is InChI=1S/C13H10BrF2NOS/c1-17(6-8-2-3-19-7-8)13(18)12-10(15)4-9(14)5-11(12)16/h2-5,7H,6H2,1H3. The van der Waals surface area contributed by atoms with Crippen LogP contribution in [-0.2, 0) is 6.54 Å². The van der Waals surface area contributed by atoms with Gasteiger partial charge in [-0.3, -0.25) is 4.79 Å². The van der Waals surface area contributed by atoms with Gasteiger partial charge in [-0.05, 0) is 34.5 Å². The van der Waals surface area contributed by atoms with Crippen molar-refractivity contribution in [1.29, 1.82) is 0 Å². The molecule has 2 rings (SSSR count). The van der Waals surface area contributed by atoms with Gasteiger partial charge in [0.15, 0.2) is 0 Å². The quantitative estimate of drug-likeness (QED) is 0.821. The first-order valence-electron chi connectivity index (χ1n) is 5.40. The molecule has 0 saturated carbocycles. The molecule has 0 saturated heterocycles. The number of rotatable bonds is 3. The molecule has 1 amide bonds. The molecule has 0 bridgehead atoms. The third-order valence-electron chi connectivity index (χ3n) is 2.57. The average Bonchev–Trinajstić information content (AvgIpc) is 2.80. The van der Waals surface area contributed by atoms with E-state index in [0.29, 0.717) is 6.54 Å². The van der Waals surface area contributed by atoms with Crippen molar-refractivity contribution in [2.24, 2.45) is 0 Å². The highest BCUT2D eigenvalue weighted by Crippen LogP contribution is 2.21. The van der Waals surface area contributed by atoms with Crippen LogP contribution in [0.3, 0.4) is 0 Å². The monoisotopic (exact) mass is 345 g/mol. The van der Waals surface area contributed by atoms with Gasteiger partial charge < -0.3 is 4.90 Å². The molecular formula is C13H10BrF2NOS. The predicted molar refractivity (Wildman–Crippen MR) is 74.2 cm³/mol. The van der Waals surface area contributed by atoms with E-state index < -0.39 is 23.1 Å². The lowest BCUT2D eigenvalue weighted by atomic mass is 10.1. The SMILES string of the molecule is CN(Cc1ccsc1)C(=O)c1c(F)cc(Br)cc1F. The molecule has 2 aromatic rings. The number of carbonyl (C=O) groups is 1. The minimum absolute atomic E-state index is 0.263. The molecule has 0 atom stereocenters. The summed E-state index contributed by atoms with van der Waals surface area (Å²) in [5.74, 6) is -2.41. The maximum absolute atomic E-state index is 13.7. The lowest BCUT2D eigenvalue weighted by Gasteiger charge is -2.17. The molecule has 1 heterocycles. The molecule has 2 nitrogen and oxygen atoms in total. The molecule has 0 radical (unpaired) electrons. The smallest absolute Gasteiger partial charge is 0.259 e. The third-order valence-corrected chi connectivity index (χ3v) is 3.76. The van der Waals surface area contributed by atoms with E-state index in [9.17, 15) is 13.6 Å². The predicted octanol–water partition coefficient (Wildman–Crippen LogP) is 4.06. The van der Waals surface area contributed by atoms with E-state index in [1.54, 1.807) is 0 Å². The highest BCUT2D eigenvalue weighted by molar-refractivity contribution is 9.10. The molecule has 0 aliphatic heterocycles. The van der Waals surface area contributed by atoms with Crippen LogP contribution in [0, 0.1) is 11.6 Å². The number of nitrogens with zero attached hydrogens (tertiary/aromatic N) is 1. The fraction of sp³-hybridized carbons (Fsp3) is 0.154. The molecule has 19 heavy (non-hydrogen) atoms. The summed E-state index contributed by atoms with van der Waals surface area (Å²) in [6, 6.07) is 4.02. The van der Waals surface area contributed by atoms with Crippen LogP contribution in [0.5, 0.6) is 0 Å². The summed E-state index contributed by atoms with van der Waals surface area (Å²) in [6.45, 7) is 0.317. The molecule has 1 aromatic carbocycles. The molecule has 0 spiro atoms. The van der Waals surface area contributed by atoms with Crippen LogP contribution < -0.4 is 0 Å². The molecule has 0 aliphatic rings. The van der Waals surface area contributed by atoms with Crippen molar-refractivity contribution in [3.8, 4) is 0 Å². The van der Waals surface area contributed by atoms with Gasteiger partial charge in [0.1, 0.15) is 17.2 Å². The number of amides is 1. The Morgan fingerprint density at radius 1 is 1.37 bits per heavy atom. The van der Waals surface area contributed by atoms with Crippen LogP contribution in [0.2, 0.25) is 0 Å². The zero-order valence-corrected chi connectivity index (χ0v) is 12.4. The van der Waals surface area contributed by atoms with Crippen molar-refractivity contribution in [2.75, 3.05) is 7.05 Å². The zero-order valence-electron chi connectivity index (χ0n) is 9.99. The molecule has 0 N–H and O–H groups in total. The van der Waals surface area contributed by atoms with Crippen LogP contribution in [0.25, 0.3) is 0 Å². The average molecular weight is 346 g/mol. The number of thiophene rings is 1. The van der Waals surface area contributed by atoms with E-state index in [1.807, 2.05) is 16.8 Å². The number of halogens is 3. The van der Waals surface area contributed by atoms with Crippen molar-refractivity contribution >= 4 is 33.2 Å². The van der Waals surface area contributed by atoms with E-state index in [0.717, 1.165) is 17.7 Å². The zero-order chi connectivity index (χ0) is 14.0. The highest BCUT2D eigenvalue weighted by Gasteiger charge is 2.21. The lowest BCUT2D eigenvalue weighted by molar-refractivity contribution is 0.0775. The van der Waals surface area contributed by atoms with Gasteiger partial charge >= 0.3 is 0 Å². The Hall–Kier alpha value is -1.27. The second kappa shape index (κ2) is 5.79. The van der Waals surface area contributed by atoms with Gasteiger partial charge in [-0.1, -0.05) is 15.9 Å². The Kier molecular flexibility index (Phi) is 4.31. The van der Waals surface area contributed by atoms with Crippen LogP contribution in [0.1, 0.15) is 15.9 Å². The Morgan fingerprint density at radius 3 is 2.53 bits per heavy atom. The molecule has 100 valence electrons. The summed E-state index contributed by atoms with van der Waals surface area (Å²) in [5, 5.41) is 3.77. The first-order valence-corrected chi connectivity index (χ1v) is 7.13.